The summed E-state index contributed by atoms with van der Waals surface area (Å²) in [6, 6.07) is 5.35. The molecule has 5 nitrogen and oxygen atoms in total. The average molecular weight is 282 g/mol. The van der Waals surface area contributed by atoms with Gasteiger partial charge in [-0.25, -0.2) is 9.18 Å². The lowest BCUT2D eigenvalue weighted by atomic mass is 10.1. The number of hydrogen-bond donors (Lipinski definition) is 1. The Kier molecular flexibility index (Phi) is 5.96. The maximum Gasteiger partial charge on any atom is 0.325 e. The summed E-state index contributed by atoms with van der Waals surface area (Å²) in [6.45, 7) is 3.45. The summed E-state index contributed by atoms with van der Waals surface area (Å²) in [6.07, 6.45) is 0. The Labute approximate surface area is 117 Å². The fourth-order valence-electron chi connectivity index (χ4n) is 1.68. The molecular weight excluding hydrogens is 263 g/mol. The molecule has 0 spiro atoms. The molecule has 0 heterocycles. The van der Waals surface area contributed by atoms with E-state index in [4.69, 9.17) is 4.74 Å². The van der Waals surface area contributed by atoms with Crippen molar-refractivity contribution in [3.63, 3.8) is 0 Å². The van der Waals surface area contributed by atoms with Gasteiger partial charge in [0.25, 0.3) is 0 Å². The Morgan fingerprint density at radius 1 is 1.40 bits per heavy atom. The van der Waals surface area contributed by atoms with Crippen molar-refractivity contribution in [3.05, 3.63) is 35.6 Å². The number of rotatable bonds is 5. The summed E-state index contributed by atoms with van der Waals surface area (Å²) in [5.41, 5.74) is 0.418. The third-order valence-electron chi connectivity index (χ3n) is 2.95. The van der Waals surface area contributed by atoms with Gasteiger partial charge in [0.05, 0.1) is 12.6 Å². The Morgan fingerprint density at radius 2 is 2.05 bits per heavy atom. The Balaban J connectivity index is 2.60. The number of hydrogen-bond acceptors (Lipinski definition) is 3. The van der Waals surface area contributed by atoms with Gasteiger partial charge in [-0.05, 0) is 19.9 Å². The van der Waals surface area contributed by atoms with E-state index in [1.54, 1.807) is 32.0 Å². The molecule has 0 aliphatic heterocycles. The maximum absolute atomic E-state index is 13.6. The molecule has 0 saturated carbocycles. The maximum atomic E-state index is 13.6. The Bertz CT molecular complexity index is 479. The summed E-state index contributed by atoms with van der Waals surface area (Å²) in [4.78, 5) is 24.3. The van der Waals surface area contributed by atoms with E-state index in [2.05, 4.69) is 5.32 Å². The zero-order valence-corrected chi connectivity index (χ0v) is 11.9. The minimum atomic E-state index is -0.507. The number of benzene rings is 1. The van der Waals surface area contributed by atoms with Crippen LogP contribution in [0.1, 0.15) is 25.5 Å². The molecule has 1 unspecified atom stereocenters. The first-order chi connectivity index (χ1) is 9.47. The number of carbonyl (C=O) groups excluding carboxylic acids is 2. The number of ether oxygens (including phenoxy) is 1. The fourth-order valence-corrected chi connectivity index (χ4v) is 1.68. The number of amides is 2. The van der Waals surface area contributed by atoms with Crippen molar-refractivity contribution < 1.29 is 18.7 Å². The quantitative estimate of drug-likeness (QED) is 0.841. The third-order valence-corrected chi connectivity index (χ3v) is 2.95. The number of nitrogens with zero attached hydrogens (tertiary/aromatic N) is 1. The topological polar surface area (TPSA) is 58.6 Å². The standard InChI is InChI=1S/C14H19FN2O3/c1-4-20-13(18)9-16-14(19)17(3)10(2)11-7-5-6-8-12(11)15/h5-8,10H,4,9H2,1-3H3,(H,16,19). The van der Waals surface area contributed by atoms with Crippen molar-refractivity contribution in [2.45, 2.75) is 19.9 Å². The largest absolute Gasteiger partial charge is 0.465 e. The second-order valence-electron chi connectivity index (χ2n) is 4.27. The second-order valence-corrected chi connectivity index (χ2v) is 4.27. The van der Waals surface area contributed by atoms with Gasteiger partial charge in [-0.1, -0.05) is 18.2 Å². The van der Waals surface area contributed by atoms with Crippen LogP contribution >= 0.6 is 0 Å². The van der Waals surface area contributed by atoms with E-state index in [-0.39, 0.29) is 19.0 Å². The number of nitrogens with one attached hydrogen (secondary N) is 1. The Hall–Kier alpha value is -2.11. The van der Waals surface area contributed by atoms with Crippen LogP contribution < -0.4 is 5.32 Å². The molecule has 1 aromatic carbocycles. The molecule has 0 saturated heterocycles. The van der Waals surface area contributed by atoms with E-state index in [0.29, 0.717) is 5.56 Å². The van der Waals surface area contributed by atoms with E-state index >= 15 is 0 Å². The van der Waals surface area contributed by atoms with Crippen LogP contribution in [0.4, 0.5) is 9.18 Å². The average Bonchev–Trinajstić information content (AvgIpc) is 2.44. The van der Waals surface area contributed by atoms with E-state index in [1.807, 2.05) is 0 Å². The van der Waals surface area contributed by atoms with E-state index in [0.717, 1.165) is 0 Å². The van der Waals surface area contributed by atoms with Gasteiger partial charge in [0.1, 0.15) is 12.4 Å². The van der Waals surface area contributed by atoms with Gasteiger partial charge < -0.3 is 15.0 Å². The van der Waals surface area contributed by atoms with Crippen LogP contribution in [0.25, 0.3) is 0 Å². The van der Waals surface area contributed by atoms with Crippen LogP contribution in [-0.4, -0.2) is 37.1 Å². The molecule has 0 aromatic heterocycles. The lowest BCUT2D eigenvalue weighted by Crippen LogP contribution is -2.41. The first-order valence-corrected chi connectivity index (χ1v) is 6.38. The van der Waals surface area contributed by atoms with Crippen LogP contribution in [0.15, 0.2) is 24.3 Å². The molecule has 0 aliphatic rings. The van der Waals surface area contributed by atoms with E-state index in [9.17, 15) is 14.0 Å². The third kappa shape index (κ3) is 4.22. The SMILES string of the molecule is CCOC(=O)CNC(=O)N(C)C(C)c1ccccc1F. The highest BCUT2D eigenvalue weighted by molar-refractivity contribution is 5.80. The number of carbonyl (C=O) groups is 2. The minimum absolute atomic E-state index is 0.207. The van der Waals surface area contributed by atoms with Crippen LogP contribution in [-0.2, 0) is 9.53 Å². The lowest BCUT2D eigenvalue weighted by molar-refractivity contribution is -0.141. The predicted octanol–water partition coefficient (Wildman–Crippen LogP) is 2.09. The lowest BCUT2D eigenvalue weighted by Gasteiger charge is -2.25. The zero-order valence-electron chi connectivity index (χ0n) is 11.9. The Morgan fingerprint density at radius 3 is 2.65 bits per heavy atom. The van der Waals surface area contributed by atoms with Gasteiger partial charge in [0, 0.05) is 12.6 Å². The molecular formula is C14H19FN2O3. The van der Waals surface area contributed by atoms with Crippen LogP contribution in [0.5, 0.6) is 0 Å². The van der Waals surface area contributed by atoms with Crippen LogP contribution in [0.2, 0.25) is 0 Å². The molecule has 1 atom stereocenters. The fraction of sp³-hybridized carbons (Fsp3) is 0.429. The van der Waals surface area contributed by atoms with Gasteiger partial charge in [-0.15, -0.1) is 0 Å². The molecule has 20 heavy (non-hydrogen) atoms. The summed E-state index contributed by atoms with van der Waals surface area (Å²) in [7, 11) is 1.54. The molecule has 0 aliphatic carbocycles. The summed E-state index contributed by atoms with van der Waals surface area (Å²) in [5.74, 6) is -0.877. The van der Waals surface area contributed by atoms with E-state index < -0.39 is 18.0 Å². The highest BCUT2D eigenvalue weighted by Gasteiger charge is 2.20. The van der Waals surface area contributed by atoms with Gasteiger partial charge in [0.15, 0.2) is 0 Å². The number of halogens is 1. The molecule has 6 heteroatoms. The highest BCUT2D eigenvalue weighted by Crippen LogP contribution is 2.21. The van der Waals surface area contributed by atoms with Gasteiger partial charge in [-0.3, -0.25) is 4.79 Å². The summed E-state index contributed by atoms with van der Waals surface area (Å²) < 4.78 is 18.3. The first-order valence-electron chi connectivity index (χ1n) is 6.38. The van der Waals surface area contributed by atoms with Crippen molar-refractivity contribution in [2.75, 3.05) is 20.2 Å². The number of esters is 1. The molecule has 1 aromatic rings. The van der Waals surface area contributed by atoms with Gasteiger partial charge >= 0.3 is 12.0 Å². The van der Waals surface area contributed by atoms with Crippen molar-refractivity contribution in [1.29, 1.82) is 0 Å². The van der Waals surface area contributed by atoms with Crippen molar-refractivity contribution in [2.24, 2.45) is 0 Å². The molecule has 0 bridgehead atoms. The van der Waals surface area contributed by atoms with Gasteiger partial charge in [-0.2, -0.15) is 0 Å². The molecule has 1 rings (SSSR count). The van der Waals surface area contributed by atoms with Crippen molar-refractivity contribution in [3.8, 4) is 0 Å². The second kappa shape index (κ2) is 7.47. The highest BCUT2D eigenvalue weighted by atomic mass is 19.1. The minimum Gasteiger partial charge on any atom is -0.465 e. The molecule has 110 valence electrons. The first kappa shape index (κ1) is 15.9. The number of urea groups is 1. The predicted molar refractivity (Wildman–Crippen MR) is 72.6 cm³/mol. The van der Waals surface area contributed by atoms with Crippen LogP contribution in [0.3, 0.4) is 0 Å². The van der Waals surface area contributed by atoms with Crippen LogP contribution in [0, 0.1) is 5.82 Å². The van der Waals surface area contributed by atoms with E-state index in [1.165, 1.54) is 18.0 Å². The van der Waals surface area contributed by atoms with Gasteiger partial charge in [0.2, 0.25) is 0 Å². The molecule has 2 amide bonds. The van der Waals surface area contributed by atoms with Crippen molar-refractivity contribution in [1.82, 2.24) is 10.2 Å². The normalized spacial score (nSPS) is 11.6. The monoisotopic (exact) mass is 282 g/mol. The zero-order chi connectivity index (χ0) is 15.1. The molecule has 0 fully saturated rings. The smallest absolute Gasteiger partial charge is 0.325 e. The molecule has 0 radical (unpaired) electrons. The molecule has 1 N–H and O–H groups in total. The summed E-state index contributed by atoms with van der Waals surface area (Å²) >= 11 is 0. The van der Waals surface area contributed by atoms with Crippen molar-refractivity contribution >= 4 is 12.0 Å². The summed E-state index contributed by atoms with van der Waals surface area (Å²) in [5, 5.41) is 2.43.